The number of aliphatic hydroxyl groups is 1. The third-order valence-electron chi connectivity index (χ3n) is 6.17. The first-order valence-corrected chi connectivity index (χ1v) is 11.2. The van der Waals surface area contributed by atoms with E-state index in [1.54, 1.807) is 12.1 Å². The Morgan fingerprint density at radius 1 is 1.06 bits per heavy atom. The Bertz CT molecular complexity index is 1140. The van der Waals surface area contributed by atoms with Gasteiger partial charge in [0.15, 0.2) is 11.5 Å². The Hall–Kier alpha value is -3.92. The lowest BCUT2D eigenvalue weighted by atomic mass is 9.95. The summed E-state index contributed by atoms with van der Waals surface area (Å²) in [5.41, 5.74) is 0.553. The number of aliphatic hydroxyl groups excluding tert-OH is 1. The largest absolute Gasteiger partial charge is 0.507 e. The van der Waals surface area contributed by atoms with Gasteiger partial charge in [-0.2, -0.15) is 0 Å². The molecule has 1 saturated heterocycles. The lowest BCUT2D eigenvalue weighted by Gasteiger charge is -2.28. The van der Waals surface area contributed by atoms with E-state index in [0.29, 0.717) is 23.6 Å². The van der Waals surface area contributed by atoms with Gasteiger partial charge in [0.1, 0.15) is 5.76 Å². The highest BCUT2D eigenvalue weighted by Crippen LogP contribution is 2.40. The van der Waals surface area contributed by atoms with E-state index in [0.717, 1.165) is 13.1 Å². The first kappa shape index (κ1) is 25.7. The predicted octanol–water partition coefficient (Wildman–Crippen LogP) is 3.38. The van der Waals surface area contributed by atoms with Gasteiger partial charge >= 0.3 is 0 Å². The summed E-state index contributed by atoms with van der Waals surface area (Å²) in [5.74, 6) is -1.13. The molecule has 10 heteroatoms. The molecule has 1 heterocycles. The molecule has 3 rings (SSSR count). The summed E-state index contributed by atoms with van der Waals surface area (Å²) in [6.07, 6.45) is 0. The number of nitrogens with zero attached hydrogens (tertiary/aromatic N) is 3. The van der Waals surface area contributed by atoms with Gasteiger partial charge in [-0.3, -0.25) is 19.7 Å². The number of benzene rings is 2. The van der Waals surface area contributed by atoms with Gasteiger partial charge in [0.2, 0.25) is 0 Å². The number of ketones is 1. The van der Waals surface area contributed by atoms with Gasteiger partial charge in [-0.25, -0.2) is 0 Å². The minimum Gasteiger partial charge on any atom is -0.507 e. The topological polar surface area (TPSA) is 122 Å². The molecule has 0 spiro atoms. The van der Waals surface area contributed by atoms with Gasteiger partial charge in [-0.15, -0.1) is 0 Å². The van der Waals surface area contributed by atoms with Gasteiger partial charge < -0.3 is 24.4 Å². The number of methoxy groups -OCH3 is 2. The van der Waals surface area contributed by atoms with E-state index in [1.807, 2.05) is 13.8 Å². The Morgan fingerprint density at radius 2 is 1.69 bits per heavy atom. The minimum atomic E-state index is -0.903. The molecule has 35 heavy (non-hydrogen) atoms. The Morgan fingerprint density at radius 3 is 2.23 bits per heavy atom. The summed E-state index contributed by atoms with van der Waals surface area (Å²) in [5, 5.41) is 22.3. The van der Waals surface area contributed by atoms with Crippen LogP contribution in [-0.2, 0) is 9.59 Å². The molecule has 0 aromatic heterocycles. The van der Waals surface area contributed by atoms with Gasteiger partial charge in [0.05, 0.1) is 30.8 Å². The molecule has 0 radical (unpaired) electrons. The van der Waals surface area contributed by atoms with Crippen LogP contribution in [0.1, 0.15) is 31.0 Å². The van der Waals surface area contributed by atoms with Crippen molar-refractivity contribution in [3.63, 3.8) is 0 Å². The van der Waals surface area contributed by atoms with Crippen LogP contribution in [0.5, 0.6) is 11.5 Å². The van der Waals surface area contributed by atoms with E-state index < -0.39 is 22.7 Å². The van der Waals surface area contributed by atoms with Crippen molar-refractivity contribution < 1.29 is 29.1 Å². The van der Waals surface area contributed by atoms with Crippen molar-refractivity contribution in [3.8, 4) is 11.5 Å². The molecule has 0 bridgehead atoms. The molecule has 186 valence electrons. The fourth-order valence-electron chi connectivity index (χ4n) is 4.16. The molecule has 1 aliphatic rings. The Balaban J connectivity index is 2.14. The van der Waals surface area contributed by atoms with Gasteiger partial charge in [-0.1, -0.05) is 13.8 Å². The zero-order chi connectivity index (χ0) is 25.7. The fourth-order valence-corrected chi connectivity index (χ4v) is 4.16. The molecular formula is C25H29N3O7. The van der Waals surface area contributed by atoms with Crippen LogP contribution in [0.2, 0.25) is 0 Å². The van der Waals surface area contributed by atoms with Crippen LogP contribution in [0.25, 0.3) is 5.76 Å². The number of carbonyl (C=O) groups is 2. The number of nitro benzene ring substituents is 1. The molecule has 0 saturated carbocycles. The first-order chi connectivity index (χ1) is 16.8. The SMILES string of the molecule is CCN(CC)CCN1C(=O)C(=O)C(=C(O)c2ccc(OC)c(OC)c2)[C@H]1c1ccc([N+](=O)[O-])cc1. The third kappa shape index (κ3) is 5.12. The lowest BCUT2D eigenvalue weighted by molar-refractivity contribution is -0.384. The molecular weight excluding hydrogens is 454 g/mol. The maximum absolute atomic E-state index is 13.2. The van der Waals surface area contributed by atoms with Crippen molar-refractivity contribution in [1.29, 1.82) is 0 Å². The second-order valence-corrected chi connectivity index (χ2v) is 7.94. The van der Waals surface area contributed by atoms with Crippen LogP contribution >= 0.6 is 0 Å². The number of hydrogen-bond donors (Lipinski definition) is 1. The van der Waals surface area contributed by atoms with E-state index in [-0.39, 0.29) is 29.1 Å². The molecule has 2 aromatic carbocycles. The summed E-state index contributed by atoms with van der Waals surface area (Å²) < 4.78 is 10.5. The summed E-state index contributed by atoms with van der Waals surface area (Å²) in [6.45, 7) is 6.32. The predicted molar refractivity (Wildman–Crippen MR) is 129 cm³/mol. The zero-order valence-corrected chi connectivity index (χ0v) is 20.2. The maximum atomic E-state index is 13.2. The monoisotopic (exact) mass is 483 g/mol. The van der Waals surface area contributed by atoms with E-state index in [9.17, 15) is 24.8 Å². The number of rotatable bonds is 10. The number of Topliss-reactive ketones (excluding diaryl/α,β-unsaturated/α-hetero) is 1. The van der Waals surface area contributed by atoms with Gasteiger partial charge in [-0.05, 0) is 49.0 Å². The number of likely N-dealkylation sites (N-methyl/N-ethyl adjacent to an activating group) is 1. The Labute approximate surface area is 203 Å². The molecule has 1 aliphatic heterocycles. The lowest BCUT2D eigenvalue weighted by Crippen LogP contribution is -2.38. The number of non-ortho nitro benzene ring substituents is 1. The van der Waals surface area contributed by atoms with Crippen LogP contribution in [-0.4, -0.2) is 71.9 Å². The van der Waals surface area contributed by atoms with Crippen LogP contribution in [0.15, 0.2) is 48.0 Å². The third-order valence-corrected chi connectivity index (χ3v) is 6.17. The van der Waals surface area contributed by atoms with E-state index in [2.05, 4.69) is 4.90 Å². The highest BCUT2D eigenvalue weighted by atomic mass is 16.6. The van der Waals surface area contributed by atoms with Gasteiger partial charge in [0.25, 0.3) is 17.4 Å². The molecule has 10 nitrogen and oxygen atoms in total. The van der Waals surface area contributed by atoms with Crippen molar-refractivity contribution in [2.24, 2.45) is 0 Å². The van der Waals surface area contributed by atoms with Crippen molar-refractivity contribution in [3.05, 3.63) is 69.3 Å². The fraction of sp³-hybridized carbons (Fsp3) is 0.360. The van der Waals surface area contributed by atoms with Crippen molar-refractivity contribution in [2.75, 3.05) is 40.4 Å². The number of likely N-dealkylation sites (tertiary alicyclic amines) is 1. The van der Waals surface area contributed by atoms with E-state index in [4.69, 9.17) is 9.47 Å². The zero-order valence-electron chi connectivity index (χ0n) is 20.2. The van der Waals surface area contributed by atoms with Crippen LogP contribution in [0, 0.1) is 10.1 Å². The van der Waals surface area contributed by atoms with Crippen LogP contribution in [0.3, 0.4) is 0 Å². The van der Waals surface area contributed by atoms with E-state index >= 15 is 0 Å². The molecule has 0 unspecified atom stereocenters. The van der Waals surface area contributed by atoms with Crippen LogP contribution < -0.4 is 9.47 Å². The average Bonchev–Trinajstić information content (AvgIpc) is 3.13. The summed E-state index contributed by atoms with van der Waals surface area (Å²) in [6, 6.07) is 9.40. The molecule has 0 aliphatic carbocycles. The van der Waals surface area contributed by atoms with Crippen molar-refractivity contribution in [2.45, 2.75) is 19.9 Å². The van der Waals surface area contributed by atoms with Gasteiger partial charge in [0, 0.05) is 30.8 Å². The highest BCUT2D eigenvalue weighted by molar-refractivity contribution is 6.46. The normalized spacial score (nSPS) is 17.2. The number of nitro groups is 1. The number of carbonyl (C=O) groups excluding carboxylic acids is 2. The van der Waals surface area contributed by atoms with Crippen molar-refractivity contribution in [1.82, 2.24) is 9.80 Å². The molecule has 1 fully saturated rings. The molecule has 2 aromatic rings. The maximum Gasteiger partial charge on any atom is 0.295 e. The summed E-state index contributed by atoms with van der Waals surface area (Å²) in [7, 11) is 2.93. The molecule has 1 amide bonds. The smallest absolute Gasteiger partial charge is 0.295 e. The first-order valence-electron chi connectivity index (χ1n) is 11.2. The number of hydrogen-bond acceptors (Lipinski definition) is 8. The average molecular weight is 484 g/mol. The minimum absolute atomic E-state index is 0.0874. The van der Waals surface area contributed by atoms with Crippen molar-refractivity contribution >= 4 is 23.1 Å². The quantitative estimate of drug-likeness (QED) is 0.179. The Kier molecular flexibility index (Phi) is 8.08. The second-order valence-electron chi connectivity index (χ2n) is 7.94. The summed E-state index contributed by atoms with van der Waals surface area (Å²) in [4.78, 5) is 40.4. The summed E-state index contributed by atoms with van der Waals surface area (Å²) >= 11 is 0. The second kappa shape index (κ2) is 11.0. The highest BCUT2D eigenvalue weighted by Gasteiger charge is 2.46. The number of ether oxygens (including phenoxy) is 2. The molecule has 1 atom stereocenters. The standard InChI is InChI=1S/C25H29N3O7/c1-5-26(6-2)13-14-27-22(16-7-10-18(11-8-16)28(32)33)21(24(30)25(27)31)23(29)17-9-12-19(34-3)20(15-17)35-4/h7-12,15,22,29H,5-6,13-14H2,1-4H3/t22-/m1/s1. The number of amides is 1. The van der Waals surface area contributed by atoms with E-state index in [1.165, 1.54) is 49.5 Å². The molecule has 1 N–H and O–H groups in total. The van der Waals surface area contributed by atoms with Crippen LogP contribution in [0.4, 0.5) is 5.69 Å².